The second-order valence-electron chi connectivity index (χ2n) is 20.0. The molecule has 4 aliphatic heterocycles. The van der Waals surface area contributed by atoms with Gasteiger partial charge < -0.3 is 44.2 Å². The zero-order valence-electron chi connectivity index (χ0n) is 40.3. The number of H-pyrrole nitrogens is 1. The number of anilines is 4. The molecule has 3 saturated heterocycles. The number of amides is 1. The molecule has 3 aromatic heterocycles. The van der Waals surface area contributed by atoms with Crippen LogP contribution in [0.25, 0.3) is 16.6 Å². The van der Waals surface area contributed by atoms with Crippen LogP contribution in [0.1, 0.15) is 68.3 Å². The lowest BCUT2D eigenvalue weighted by Crippen LogP contribution is -2.56. The molecule has 0 saturated carbocycles. The number of aliphatic hydroxyl groups excluding tert-OH is 1. The fourth-order valence-corrected chi connectivity index (χ4v) is 11.6. The van der Waals surface area contributed by atoms with Crippen LogP contribution in [0, 0.1) is 15.5 Å². The number of aromatic nitrogens is 3. The summed E-state index contributed by atoms with van der Waals surface area (Å²) in [6.45, 7) is 10.0. The van der Waals surface area contributed by atoms with Gasteiger partial charge in [0.15, 0.2) is 0 Å². The number of allylic oxidation sites excluding steroid dienone is 1. The first-order chi connectivity index (χ1) is 34.7. The summed E-state index contributed by atoms with van der Waals surface area (Å²) in [4.78, 5) is 44.3. The number of aromatic amines is 1. The van der Waals surface area contributed by atoms with Gasteiger partial charge >= 0.3 is 5.69 Å². The molecule has 3 fully saturated rings. The number of rotatable bonds is 10. The molecular weight excluding hydrogens is 966 g/mol. The monoisotopic (exact) mass is 1030 g/mol. The third-order valence-electron chi connectivity index (χ3n) is 14.2. The number of piperazine rings is 1. The molecule has 4 N–H and O–H groups in total. The third-order valence-corrected chi connectivity index (χ3v) is 15.8. The lowest BCUT2D eigenvalue weighted by atomic mass is 9.71. The summed E-state index contributed by atoms with van der Waals surface area (Å²) in [5.74, 6) is -0.746. The van der Waals surface area contributed by atoms with Crippen molar-refractivity contribution in [2.75, 3.05) is 87.4 Å². The number of halogens is 1. The van der Waals surface area contributed by atoms with Gasteiger partial charge in [-0.2, -0.15) is 4.98 Å². The topological polar surface area (TPSA) is 227 Å². The molecule has 0 radical (unpaired) electrons. The van der Waals surface area contributed by atoms with Gasteiger partial charge in [-0.15, -0.1) is 0 Å². The average molecular weight is 1030 g/mol. The van der Waals surface area contributed by atoms with E-state index in [1.165, 1.54) is 11.1 Å². The van der Waals surface area contributed by atoms with E-state index in [1.807, 2.05) is 41.3 Å². The third kappa shape index (κ3) is 10.9. The Morgan fingerprint density at radius 1 is 1.00 bits per heavy atom. The van der Waals surface area contributed by atoms with Crippen molar-refractivity contribution in [2.45, 2.75) is 81.6 Å². The smallest absolute Gasteiger partial charge is 0.312 e. The van der Waals surface area contributed by atoms with E-state index in [0.29, 0.717) is 106 Å². The van der Waals surface area contributed by atoms with Crippen molar-refractivity contribution in [1.29, 1.82) is 0 Å². The average Bonchev–Trinajstić information content (AvgIpc) is 3.71. The highest BCUT2D eigenvalue weighted by atomic mass is 35.5. The van der Waals surface area contributed by atoms with Crippen LogP contribution in [0.2, 0.25) is 5.02 Å². The summed E-state index contributed by atoms with van der Waals surface area (Å²) in [7, 11) is -4.71. The number of nitrogens with zero attached hydrogens (tertiary/aromatic N) is 6. The number of carbonyl (C=O) groups excluding carboxylic acids is 1. The number of nitro groups is 1. The number of benzene rings is 2. The number of hydrogen-bond donors (Lipinski definition) is 4. The summed E-state index contributed by atoms with van der Waals surface area (Å²) in [6.07, 6.45) is 6.00. The summed E-state index contributed by atoms with van der Waals surface area (Å²) in [6, 6.07) is 18.2. The van der Waals surface area contributed by atoms with E-state index in [4.69, 9.17) is 35.5 Å². The van der Waals surface area contributed by atoms with Gasteiger partial charge in [0.05, 0.1) is 66.5 Å². The number of carbonyl (C=O) groups is 1. The molecule has 5 aromatic rings. The van der Waals surface area contributed by atoms with Crippen molar-refractivity contribution in [1.82, 2.24) is 24.6 Å². The molecule has 21 heteroatoms. The highest BCUT2D eigenvalue weighted by Crippen LogP contribution is 2.46. The van der Waals surface area contributed by atoms with E-state index in [-0.39, 0.29) is 48.2 Å². The van der Waals surface area contributed by atoms with Crippen molar-refractivity contribution in [2.24, 2.45) is 5.41 Å². The number of ether oxygens (including phenoxy) is 4. The largest absolute Gasteiger partial charge is 0.476 e. The first kappa shape index (κ1) is 49.7. The summed E-state index contributed by atoms with van der Waals surface area (Å²) >= 11 is 6.37. The maximum absolute atomic E-state index is 14.6. The second-order valence-corrected chi connectivity index (χ2v) is 22.1. The maximum Gasteiger partial charge on any atom is 0.312 e. The zero-order valence-corrected chi connectivity index (χ0v) is 41.9. The Hall–Kier alpha value is -5.87. The summed E-state index contributed by atoms with van der Waals surface area (Å²) in [5.41, 5.74) is 5.71. The van der Waals surface area contributed by atoms with Crippen molar-refractivity contribution in [3.05, 3.63) is 105 Å². The molecule has 19 nitrogen and oxygen atoms in total. The number of pyridine rings is 2. The normalized spacial score (nSPS) is 23.2. The van der Waals surface area contributed by atoms with Crippen LogP contribution in [0.5, 0.6) is 5.88 Å². The number of fused-ring (bicyclic) bond motifs is 4. The van der Waals surface area contributed by atoms with Crippen molar-refractivity contribution in [3.63, 3.8) is 0 Å². The Labute approximate surface area is 423 Å². The molecule has 382 valence electrons. The minimum absolute atomic E-state index is 0.00442. The minimum Gasteiger partial charge on any atom is -0.476 e. The summed E-state index contributed by atoms with van der Waals surface area (Å²) in [5, 5.41) is 26.4. The fourth-order valence-electron chi connectivity index (χ4n) is 10.5. The Balaban J connectivity index is 0.962. The van der Waals surface area contributed by atoms with Crippen LogP contribution in [-0.4, -0.2) is 141 Å². The fraction of sp³-hybridized carbons (Fsp3) is 0.471. The van der Waals surface area contributed by atoms with Gasteiger partial charge in [0.25, 0.3) is 15.9 Å². The Kier molecular flexibility index (Phi) is 14.4. The van der Waals surface area contributed by atoms with Crippen molar-refractivity contribution < 1.29 is 42.2 Å². The van der Waals surface area contributed by atoms with E-state index in [2.05, 4.69) is 55.8 Å². The Bertz CT molecular complexity index is 2960. The minimum atomic E-state index is -4.71. The summed E-state index contributed by atoms with van der Waals surface area (Å²) < 4.78 is 55.1. The zero-order chi connectivity index (χ0) is 50.1. The maximum atomic E-state index is 14.6. The highest BCUT2D eigenvalue weighted by molar-refractivity contribution is 7.90. The van der Waals surface area contributed by atoms with E-state index in [9.17, 15) is 28.4 Å². The van der Waals surface area contributed by atoms with Gasteiger partial charge in [-0.3, -0.25) is 19.8 Å². The highest BCUT2D eigenvalue weighted by Gasteiger charge is 2.39. The van der Waals surface area contributed by atoms with Gasteiger partial charge in [0.1, 0.15) is 16.2 Å². The number of aliphatic hydroxyl groups is 1. The standard InChI is InChI=1S/C51H60ClN9O10S/c1-51(2)24-41(32-5-7-34(52)8-6-32)42-29-59-17-16-58(28-36(59)30-68-18-4-20-69-46(42)25-51)35-9-12-40(43(22-35)60-15-3-19-70-50-45(60)21-33-13-14-53-47(33)56-50)49(63)57-72(66,67)39-23-44(61(64)65)48(55-27-39)54-26-38-11-10-37(62)31-71-38/h5-9,12-14,21-23,27,36-38,46,62H,3-4,10-11,15-20,24-26,28-31H2,1-2H3,(H,53,56)(H,54,55)(H,57,63)/t36-,37-,38+,46+/m0/s1. The molecule has 5 aliphatic rings. The van der Waals surface area contributed by atoms with Crippen LogP contribution in [0.3, 0.4) is 0 Å². The molecule has 10 rings (SSSR count). The van der Waals surface area contributed by atoms with Crippen molar-refractivity contribution >= 4 is 72.7 Å². The quantitative estimate of drug-likeness (QED) is 0.0810. The van der Waals surface area contributed by atoms with E-state index in [0.717, 1.165) is 48.2 Å². The van der Waals surface area contributed by atoms with Crippen LogP contribution in [0.4, 0.5) is 28.6 Å². The Morgan fingerprint density at radius 2 is 1.85 bits per heavy atom. The molecule has 72 heavy (non-hydrogen) atoms. The first-order valence-corrected chi connectivity index (χ1v) is 26.5. The second kappa shape index (κ2) is 20.9. The number of nitrogens with one attached hydrogen (secondary N) is 3. The molecular formula is C51H60ClN9O10S. The molecule has 1 aliphatic carbocycles. The molecule has 4 atom stereocenters. The Morgan fingerprint density at radius 3 is 2.65 bits per heavy atom. The van der Waals surface area contributed by atoms with E-state index >= 15 is 0 Å². The lowest BCUT2D eigenvalue weighted by Gasteiger charge is -2.45. The van der Waals surface area contributed by atoms with Gasteiger partial charge in [-0.05, 0) is 103 Å². The van der Waals surface area contributed by atoms with Crippen LogP contribution < -0.4 is 24.6 Å². The van der Waals surface area contributed by atoms with E-state index in [1.54, 1.807) is 12.3 Å². The first-order valence-electron chi connectivity index (χ1n) is 24.6. The van der Waals surface area contributed by atoms with Crippen LogP contribution in [0.15, 0.2) is 83.5 Å². The molecule has 0 unspecified atom stereocenters. The molecule has 2 aromatic carbocycles. The number of sulfonamides is 1. The molecule has 7 heterocycles. The van der Waals surface area contributed by atoms with Crippen molar-refractivity contribution in [3.8, 4) is 5.88 Å². The van der Waals surface area contributed by atoms with E-state index < -0.39 is 37.5 Å². The lowest BCUT2D eigenvalue weighted by molar-refractivity contribution is -0.384. The van der Waals surface area contributed by atoms with Gasteiger partial charge in [-0.1, -0.05) is 37.6 Å². The molecule has 1 amide bonds. The van der Waals surface area contributed by atoms with Crippen LogP contribution in [-0.2, 0) is 24.2 Å². The van der Waals surface area contributed by atoms with Gasteiger partial charge in [0, 0.05) is 80.8 Å². The van der Waals surface area contributed by atoms with Crippen LogP contribution >= 0.6 is 11.6 Å². The van der Waals surface area contributed by atoms with Gasteiger partial charge in [0.2, 0.25) is 11.7 Å². The SMILES string of the molecule is CC1(C)CC(c2ccc(Cl)cc2)=C2CN3CCN(c4ccc(C(=O)NS(=O)(=O)c5cnc(NC[C@H]6CC[C@H](O)CO6)c([N+](=O)[O-])c5)c(N5CCCOc6nc7[nH]ccc7cc65)c4)C[C@H]3COCCCO[C@@H]2C1. The predicted molar refractivity (Wildman–Crippen MR) is 273 cm³/mol. The number of hydrogen-bond acceptors (Lipinski definition) is 16. The molecule has 0 spiro atoms. The predicted octanol–water partition coefficient (Wildman–Crippen LogP) is 7.08. The molecule has 0 bridgehead atoms. The van der Waals surface area contributed by atoms with Gasteiger partial charge in [-0.25, -0.2) is 18.1 Å².